The number of aromatic amines is 1. The van der Waals surface area contributed by atoms with Crippen LogP contribution in [-0.4, -0.2) is 23.5 Å². The fraction of sp³-hybridized carbons (Fsp3) is 0.333. The van der Waals surface area contributed by atoms with Crippen LogP contribution in [0.3, 0.4) is 0 Å². The molecule has 8 nitrogen and oxygen atoms in total. The number of hydrogen-bond acceptors (Lipinski definition) is 6. The molecule has 0 aliphatic carbocycles. The molecule has 0 spiro atoms. The molecule has 24 heavy (non-hydrogen) atoms. The van der Waals surface area contributed by atoms with Gasteiger partial charge in [-0.1, -0.05) is 5.16 Å². The molecule has 0 aromatic carbocycles. The van der Waals surface area contributed by atoms with Crippen molar-refractivity contribution in [1.82, 2.24) is 19.8 Å². The maximum atomic E-state index is 12.5. The van der Waals surface area contributed by atoms with Gasteiger partial charge in [-0.05, 0) is 39.8 Å². The van der Waals surface area contributed by atoms with E-state index in [2.05, 4.69) is 19.8 Å². The highest BCUT2D eigenvalue weighted by Crippen LogP contribution is 2.29. The molecule has 0 bridgehead atoms. The van der Waals surface area contributed by atoms with Crippen molar-refractivity contribution in [1.29, 1.82) is 0 Å². The van der Waals surface area contributed by atoms with Crippen molar-refractivity contribution >= 4 is 10.0 Å². The van der Waals surface area contributed by atoms with Gasteiger partial charge in [0.1, 0.15) is 5.82 Å². The fourth-order valence-electron chi connectivity index (χ4n) is 2.23. The SMILES string of the molecule is Cc1cnc([C@H](C)NS(=O)(=O)c2ccc(-c3onc(C)c3C)o2)[nH]1. The Balaban J connectivity index is 1.84. The molecule has 0 radical (unpaired) electrons. The van der Waals surface area contributed by atoms with E-state index >= 15 is 0 Å². The van der Waals surface area contributed by atoms with Crippen LogP contribution in [0.15, 0.2) is 32.4 Å². The first-order chi connectivity index (χ1) is 11.3. The fourth-order valence-corrected chi connectivity index (χ4v) is 3.37. The first-order valence-corrected chi connectivity index (χ1v) is 8.83. The second kappa shape index (κ2) is 5.91. The van der Waals surface area contributed by atoms with Gasteiger partial charge in [0.25, 0.3) is 10.0 Å². The number of nitrogens with one attached hydrogen (secondary N) is 2. The van der Waals surface area contributed by atoms with E-state index in [1.165, 1.54) is 6.07 Å². The maximum absolute atomic E-state index is 12.5. The van der Waals surface area contributed by atoms with Crippen LogP contribution < -0.4 is 4.72 Å². The highest BCUT2D eigenvalue weighted by molar-refractivity contribution is 7.89. The minimum atomic E-state index is -3.83. The van der Waals surface area contributed by atoms with Crippen LogP contribution in [0.4, 0.5) is 0 Å². The third-order valence-electron chi connectivity index (χ3n) is 3.69. The minimum Gasteiger partial charge on any atom is -0.440 e. The van der Waals surface area contributed by atoms with Crippen molar-refractivity contribution in [3.05, 3.63) is 41.1 Å². The van der Waals surface area contributed by atoms with E-state index in [-0.39, 0.29) is 5.09 Å². The number of sulfonamides is 1. The van der Waals surface area contributed by atoms with Crippen LogP contribution in [-0.2, 0) is 10.0 Å². The zero-order valence-corrected chi connectivity index (χ0v) is 14.6. The summed E-state index contributed by atoms with van der Waals surface area (Å²) < 4.78 is 38.1. The predicted octanol–water partition coefficient (Wildman–Crippen LogP) is 2.62. The van der Waals surface area contributed by atoms with E-state index in [9.17, 15) is 8.42 Å². The Morgan fingerprint density at radius 2 is 2.00 bits per heavy atom. The third kappa shape index (κ3) is 3.00. The van der Waals surface area contributed by atoms with E-state index in [1.54, 1.807) is 26.1 Å². The number of furan rings is 1. The summed E-state index contributed by atoms with van der Waals surface area (Å²) in [6.07, 6.45) is 1.64. The van der Waals surface area contributed by atoms with Gasteiger partial charge in [-0.15, -0.1) is 0 Å². The van der Waals surface area contributed by atoms with Crippen molar-refractivity contribution in [2.45, 2.75) is 38.8 Å². The lowest BCUT2D eigenvalue weighted by molar-refractivity contribution is 0.396. The van der Waals surface area contributed by atoms with E-state index in [0.29, 0.717) is 17.3 Å². The summed E-state index contributed by atoms with van der Waals surface area (Å²) in [4.78, 5) is 7.12. The van der Waals surface area contributed by atoms with Gasteiger partial charge in [0.15, 0.2) is 5.76 Å². The van der Waals surface area contributed by atoms with Gasteiger partial charge in [-0.25, -0.2) is 13.4 Å². The molecule has 9 heteroatoms. The summed E-state index contributed by atoms with van der Waals surface area (Å²) in [6.45, 7) is 7.18. The van der Waals surface area contributed by atoms with Gasteiger partial charge < -0.3 is 13.9 Å². The Labute approximate surface area is 139 Å². The number of imidazole rings is 1. The molecule has 0 aliphatic heterocycles. The van der Waals surface area contributed by atoms with Crippen molar-refractivity contribution in [2.24, 2.45) is 0 Å². The average molecular weight is 350 g/mol. The summed E-state index contributed by atoms with van der Waals surface area (Å²) in [5, 5.41) is 3.65. The Kier molecular flexibility index (Phi) is 4.06. The first kappa shape index (κ1) is 16.5. The second-order valence-corrected chi connectivity index (χ2v) is 7.28. The summed E-state index contributed by atoms with van der Waals surface area (Å²) in [5.41, 5.74) is 2.39. The maximum Gasteiger partial charge on any atom is 0.274 e. The van der Waals surface area contributed by atoms with E-state index in [0.717, 1.165) is 17.0 Å². The second-order valence-electron chi connectivity index (χ2n) is 5.64. The Morgan fingerprint density at radius 3 is 2.58 bits per heavy atom. The van der Waals surface area contributed by atoms with Crippen LogP contribution in [0, 0.1) is 20.8 Å². The molecule has 0 aliphatic rings. The number of nitrogens with zero attached hydrogens (tertiary/aromatic N) is 2. The third-order valence-corrected chi connectivity index (χ3v) is 5.10. The number of rotatable bonds is 5. The minimum absolute atomic E-state index is 0.193. The van der Waals surface area contributed by atoms with Crippen LogP contribution in [0.1, 0.15) is 35.7 Å². The van der Waals surface area contributed by atoms with Crippen LogP contribution >= 0.6 is 0 Å². The Hall–Kier alpha value is -2.39. The molecule has 3 aromatic heterocycles. The standard InChI is InChI=1S/C15H18N4O4S/c1-8-7-16-15(17-8)11(4)19-24(20,21)13-6-5-12(22-13)14-9(2)10(3)18-23-14/h5-7,11,19H,1-4H3,(H,16,17)/t11-/m0/s1. The molecule has 128 valence electrons. The summed E-state index contributed by atoms with van der Waals surface area (Å²) in [6, 6.07) is 2.41. The number of aromatic nitrogens is 3. The lowest BCUT2D eigenvalue weighted by atomic mass is 10.2. The number of hydrogen-bond donors (Lipinski definition) is 2. The Morgan fingerprint density at radius 1 is 1.25 bits per heavy atom. The lowest BCUT2D eigenvalue weighted by Gasteiger charge is -2.10. The molecule has 3 aromatic rings. The van der Waals surface area contributed by atoms with E-state index in [1.807, 2.05) is 13.8 Å². The molecule has 3 rings (SSSR count). The van der Waals surface area contributed by atoms with Crippen LogP contribution in [0.25, 0.3) is 11.5 Å². The van der Waals surface area contributed by atoms with Crippen molar-refractivity contribution in [3.63, 3.8) is 0 Å². The van der Waals surface area contributed by atoms with Crippen LogP contribution in [0.2, 0.25) is 0 Å². The van der Waals surface area contributed by atoms with E-state index in [4.69, 9.17) is 8.94 Å². The van der Waals surface area contributed by atoms with E-state index < -0.39 is 16.1 Å². The molecular formula is C15H18N4O4S. The van der Waals surface area contributed by atoms with Crippen molar-refractivity contribution < 1.29 is 17.4 Å². The Bertz CT molecular complexity index is 967. The summed E-state index contributed by atoms with van der Waals surface area (Å²) in [5.74, 6) is 1.27. The van der Waals surface area contributed by atoms with Gasteiger partial charge in [0, 0.05) is 17.5 Å². The smallest absolute Gasteiger partial charge is 0.274 e. The monoisotopic (exact) mass is 350 g/mol. The summed E-state index contributed by atoms with van der Waals surface area (Å²) >= 11 is 0. The zero-order chi connectivity index (χ0) is 17.5. The van der Waals surface area contributed by atoms with Gasteiger partial charge in [0.05, 0.1) is 11.7 Å². The van der Waals surface area contributed by atoms with Crippen LogP contribution in [0.5, 0.6) is 0 Å². The molecule has 3 heterocycles. The predicted molar refractivity (Wildman–Crippen MR) is 85.7 cm³/mol. The van der Waals surface area contributed by atoms with Crippen molar-refractivity contribution in [2.75, 3.05) is 0 Å². The molecule has 2 N–H and O–H groups in total. The molecule has 1 atom stereocenters. The average Bonchev–Trinajstić information content (AvgIpc) is 3.21. The quantitative estimate of drug-likeness (QED) is 0.731. The zero-order valence-electron chi connectivity index (χ0n) is 13.7. The highest BCUT2D eigenvalue weighted by Gasteiger charge is 2.25. The van der Waals surface area contributed by atoms with Gasteiger partial charge >= 0.3 is 0 Å². The molecular weight excluding hydrogens is 332 g/mol. The molecule has 0 unspecified atom stereocenters. The number of H-pyrrole nitrogens is 1. The molecule has 0 saturated carbocycles. The normalized spacial score (nSPS) is 13.3. The first-order valence-electron chi connectivity index (χ1n) is 7.35. The molecule has 0 amide bonds. The largest absolute Gasteiger partial charge is 0.440 e. The highest BCUT2D eigenvalue weighted by atomic mass is 32.2. The van der Waals surface area contributed by atoms with Gasteiger partial charge in [-0.2, -0.15) is 4.72 Å². The number of aryl methyl sites for hydroxylation is 2. The molecule has 0 saturated heterocycles. The lowest BCUT2D eigenvalue weighted by Crippen LogP contribution is -2.27. The van der Waals surface area contributed by atoms with Crippen molar-refractivity contribution in [3.8, 4) is 11.5 Å². The van der Waals surface area contributed by atoms with Gasteiger partial charge in [0.2, 0.25) is 10.9 Å². The van der Waals surface area contributed by atoms with Gasteiger partial charge in [-0.3, -0.25) is 0 Å². The topological polar surface area (TPSA) is 114 Å². The molecule has 0 fully saturated rings. The summed E-state index contributed by atoms with van der Waals surface area (Å²) in [7, 11) is -3.83.